The molecular formula is C20H22NO2+. The molecule has 23 heavy (non-hydrogen) atoms. The molecule has 0 saturated carbocycles. The molecule has 3 aromatic rings. The summed E-state index contributed by atoms with van der Waals surface area (Å²) in [7, 11) is 0. The fourth-order valence-electron chi connectivity index (χ4n) is 2.86. The van der Waals surface area contributed by atoms with Crippen molar-refractivity contribution in [1.82, 2.24) is 0 Å². The molecule has 0 radical (unpaired) electrons. The van der Waals surface area contributed by atoms with Crippen molar-refractivity contribution in [3.63, 3.8) is 0 Å². The molecule has 0 unspecified atom stereocenters. The van der Waals surface area contributed by atoms with Crippen LogP contribution in [0.25, 0.3) is 11.0 Å². The molecule has 2 aromatic carbocycles. The van der Waals surface area contributed by atoms with Crippen molar-refractivity contribution in [3.05, 3.63) is 81.2 Å². The largest absolute Gasteiger partial charge is 0.422 e. The molecule has 1 heterocycles. The van der Waals surface area contributed by atoms with Crippen molar-refractivity contribution in [2.24, 2.45) is 0 Å². The lowest BCUT2D eigenvalue weighted by Crippen LogP contribution is -2.83. The van der Waals surface area contributed by atoms with Crippen LogP contribution in [0.2, 0.25) is 0 Å². The summed E-state index contributed by atoms with van der Waals surface area (Å²) in [5.41, 5.74) is 5.04. The standard InChI is InChI=1S/C20H21NO2/c1-14-8-9-18-17(12-19(22)23-20(18)15(14)2)13-21-11-10-16-6-4-3-5-7-16/h3-9,12,21H,10-11,13H2,1-2H3/p+1. The number of fused-ring (bicyclic) bond motifs is 1. The van der Waals surface area contributed by atoms with E-state index in [4.69, 9.17) is 4.42 Å². The summed E-state index contributed by atoms with van der Waals surface area (Å²) in [4.78, 5) is 11.8. The minimum atomic E-state index is -0.266. The van der Waals surface area contributed by atoms with E-state index in [2.05, 4.69) is 41.7 Å². The number of quaternary nitrogens is 1. The third kappa shape index (κ3) is 3.51. The molecule has 0 atom stereocenters. The van der Waals surface area contributed by atoms with Crippen molar-refractivity contribution < 1.29 is 9.73 Å². The molecule has 2 N–H and O–H groups in total. The Morgan fingerprint density at radius 1 is 1.04 bits per heavy atom. The molecular weight excluding hydrogens is 286 g/mol. The third-order valence-corrected chi connectivity index (χ3v) is 4.36. The van der Waals surface area contributed by atoms with Crippen molar-refractivity contribution >= 4 is 11.0 Å². The van der Waals surface area contributed by atoms with Crippen molar-refractivity contribution in [2.45, 2.75) is 26.8 Å². The van der Waals surface area contributed by atoms with Crippen LogP contribution in [0, 0.1) is 13.8 Å². The molecule has 118 valence electrons. The van der Waals surface area contributed by atoms with E-state index in [0.29, 0.717) is 0 Å². The van der Waals surface area contributed by atoms with Gasteiger partial charge >= 0.3 is 5.63 Å². The second kappa shape index (κ2) is 6.80. The molecule has 0 bridgehead atoms. The zero-order valence-corrected chi connectivity index (χ0v) is 13.6. The average molecular weight is 308 g/mol. The van der Waals surface area contributed by atoms with E-state index in [1.807, 2.05) is 19.9 Å². The Morgan fingerprint density at radius 2 is 1.83 bits per heavy atom. The predicted octanol–water partition coefficient (Wildman–Crippen LogP) is 2.72. The van der Waals surface area contributed by atoms with Crippen LogP contribution < -0.4 is 10.9 Å². The van der Waals surface area contributed by atoms with Gasteiger partial charge in [0.05, 0.1) is 6.54 Å². The first-order valence-electron chi connectivity index (χ1n) is 8.03. The van der Waals surface area contributed by atoms with Crippen LogP contribution in [0.3, 0.4) is 0 Å². The summed E-state index contributed by atoms with van der Waals surface area (Å²) in [6.07, 6.45) is 1.03. The van der Waals surface area contributed by atoms with Gasteiger partial charge in [-0.05, 0) is 30.5 Å². The highest BCUT2D eigenvalue weighted by molar-refractivity contribution is 5.83. The van der Waals surface area contributed by atoms with E-state index < -0.39 is 0 Å². The summed E-state index contributed by atoms with van der Waals surface area (Å²) in [5.74, 6) is 0. The van der Waals surface area contributed by atoms with Gasteiger partial charge in [-0.2, -0.15) is 0 Å². The quantitative estimate of drug-likeness (QED) is 0.582. The highest BCUT2D eigenvalue weighted by Crippen LogP contribution is 2.22. The van der Waals surface area contributed by atoms with Gasteiger partial charge in [0.25, 0.3) is 0 Å². The number of benzene rings is 2. The van der Waals surface area contributed by atoms with Crippen molar-refractivity contribution in [1.29, 1.82) is 0 Å². The lowest BCUT2D eigenvalue weighted by Gasteiger charge is -2.08. The smallest absolute Gasteiger partial charge is 0.336 e. The van der Waals surface area contributed by atoms with Crippen LogP contribution >= 0.6 is 0 Å². The lowest BCUT2D eigenvalue weighted by molar-refractivity contribution is -0.670. The zero-order chi connectivity index (χ0) is 16.2. The van der Waals surface area contributed by atoms with E-state index in [9.17, 15) is 4.79 Å². The Balaban J connectivity index is 1.75. The Kier molecular flexibility index (Phi) is 4.58. The van der Waals surface area contributed by atoms with E-state index in [0.717, 1.165) is 47.2 Å². The minimum absolute atomic E-state index is 0.266. The fraction of sp³-hybridized carbons (Fsp3) is 0.250. The highest BCUT2D eigenvalue weighted by atomic mass is 16.4. The summed E-state index contributed by atoms with van der Waals surface area (Å²) in [5, 5.41) is 3.29. The first kappa shape index (κ1) is 15.5. The highest BCUT2D eigenvalue weighted by Gasteiger charge is 2.10. The van der Waals surface area contributed by atoms with Gasteiger partial charge in [0.2, 0.25) is 0 Å². The number of nitrogens with two attached hydrogens (primary N) is 1. The number of hydrogen-bond donors (Lipinski definition) is 1. The van der Waals surface area contributed by atoms with Crippen molar-refractivity contribution in [2.75, 3.05) is 6.54 Å². The second-order valence-electron chi connectivity index (χ2n) is 5.99. The maximum atomic E-state index is 11.8. The Labute approximate surface area is 136 Å². The van der Waals surface area contributed by atoms with Gasteiger partial charge in [0.15, 0.2) is 0 Å². The van der Waals surface area contributed by atoms with Crippen LogP contribution in [0.5, 0.6) is 0 Å². The number of hydrogen-bond acceptors (Lipinski definition) is 2. The summed E-state index contributed by atoms with van der Waals surface area (Å²) < 4.78 is 5.42. The molecule has 0 aliphatic carbocycles. The Hall–Kier alpha value is -2.39. The summed E-state index contributed by atoms with van der Waals surface area (Å²) in [6, 6.07) is 16.2. The maximum Gasteiger partial charge on any atom is 0.336 e. The third-order valence-electron chi connectivity index (χ3n) is 4.36. The van der Waals surface area contributed by atoms with Gasteiger partial charge in [0.1, 0.15) is 12.1 Å². The van der Waals surface area contributed by atoms with E-state index in [1.165, 1.54) is 5.56 Å². The first-order valence-corrected chi connectivity index (χ1v) is 8.03. The van der Waals surface area contributed by atoms with Crippen molar-refractivity contribution in [3.8, 4) is 0 Å². The predicted molar refractivity (Wildman–Crippen MR) is 92.6 cm³/mol. The summed E-state index contributed by atoms with van der Waals surface area (Å²) in [6.45, 7) is 5.82. The van der Waals surface area contributed by atoms with Crippen LogP contribution in [0.4, 0.5) is 0 Å². The molecule has 0 aliphatic heterocycles. The minimum Gasteiger partial charge on any atom is -0.422 e. The maximum absolute atomic E-state index is 11.8. The molecule has 0 spiro atoms. The molecule has 0 aliphatic rings. The molecule has 3 rings (SSSR count). The van der Waals surface area contributed by atoms with Gasteiger partial charge < -0.3 is 9.73 Å². The van der Waals surface area contributed by atoms with Crippen LogP contribution in [0.1, 0.15) is 22.3 Å². The monoisotopic (exact) mass is 308 g/mol. The van der Waals surface area contributed by atoms with E-state index in [-0.39, 0.29) is 5.63 Å². The second-order valence-corrected chi connectivity index (χ2v) is 5.99. The van der Waals surface area contributed by atoms with Crippen LogP contribution in [-0.2, 0) is 13.0 Å². The topological polar surface area (TPSA) is 46.8 Å². The molecule has 0 saturated heterocycles. The SMILES string of the molecule is Cc1ccc2c(C[NH2+]CCc3ccccc3)cc(=O)oc2c1C. The van der Waals surface area contributed by atoms with Gasteiger partial charge in [-0.25, -0.2) is 4.79 Å². The van der Waals surface area contributed by atoms with Gasteiger partial charge in [0, 0.05) is 23.4 Å². The number of rotatable bonds is 5. The molecule has 3 heteroatoms. The summed E-state index contributed by atoms with van der Waals surface area (Å²) >= 11 is 0. The Morgan fingerprint density at radius 3 is 2.61 bits per heavy atom. The van der Waals surface area contributed by atoms with Gasteiger partial charge in [-0.1, -0.05) is 42.5 Å². The average Bonchev–Trinajstić information content (AvgIpc) is 2.56. The molecule has 1 aromatic heterocycles. The Bertz CT molecular complexity index is 866. The normalized spacial score (nSPS) is 11.0. The van der Waals surface area contributed by atoms with Crippen LogP contribution in [-0.4, -0.2) is 6.54 Å². The molecule has 0 fully saturated rings. The van der Waals surface area contributed by atoms with E-state index in [1.54, 1.807) is 6.07 Å². The van der Waals surface area contributed by atoms with Gasteiger partial charge in [-0.3, -0.25) is 0 Å². The van der Waals surface area contributed by atoms with E-state index >= 15 is 0 Å². The van der Waals surface area contributed by atoms with Gasteiger partial charge in [-0.15, -0.1) is 0 Å². The molecule has 3 nitrogen and oxygen atoms in total. The lowest BCUT2D eigenvalue weighted by atomic mass is 10.0. The zero-order valence-electron chi connectivity index (χ0n) is 13.6. The number of aryl methyl sites for hydroxylation is 2. The van der Waals surface area contributed by atoms with Crippen LogP contribution in [0.15, 0.2) is 57.7 Å². The fourth-order valence-corrected chi connectivity index (χ4v) is 2.86. The first-order chi connectivity index (χ1) is 11.1. The molecule has 0 amide bonds.